The molecule has 170 valence electrons. The average Bonchev–Trinajstić information content (AvgIpc) is 2.71. The highest BCUT2D eigenvalue weighted by Crippen LogP contribution is 2.15. The molecule has 3 amide bonds. The number of amides is 3. The highest BCUT2D eigenvalue weighted by atomic mass is 16.6. The van der Waals surface area contributed by atoms with E-state index in [1.807, 2.05) is 49.4 Å². The fourth-order valence-corrected chi connectivity index (χ4v) is 2.69. The summed E-state index contributed by atoms with van der Waals surface area (Å²) in [6, 6.07) is 15.1. The molecule has 0 aromatic heterocycles. The minimum absolute atomic E-state index is 0.118. The molecule has 2 aromatic rings. The van der Waals surface area contributed by atoms with E-state index in [4.69, 9.17) is 4.74 Å². The minimum Gasteiger partial charge on any atom is -0.444 e. The largest absolute Gasteiger partial charge is 0.444 e. The zero-order chi connectivity index (χ0) is 23.6. The highest BCUT2D eigenvalue weighted by molar-refractivity contribution is 6.02. The summed E-state index contributed by atoms with van der Waals surface area (Å²) in [7, 11) is 0. The lowest BCUT2D eigenvalue weighted by Gasteiger charge is -2.19. The molecule has 2 rings (SSSR count). The van der Waals surface area contributed by atoms with Crippen LogP contribution in [0.4, 0.5) is 10.5 Å². The van der Waals surface area contributed by atoms with Crippen molar-refractivity contribution in [1.82, 2.24) is 10.6 Å². The molecule has 0 fully saturated rings. The maximum absolute atomic E-state index is 12.3. The molecule has 0 aliphatic carbocycles. The van der Waals surface area contributed by atoms with Gasteiger partial charge in [0.25, 0.3) is 0 Å². The molecule has 0 atom stereocenters. The lowest BCUT2D eigenvalue weighted by molar-refractivity contribution is -0.121. The van der Waals surface area contributed by atoms with E-state index in [9.17, 15) is 14.4 Å². The van der Waals surface area contributed by atoms with Gasteiger partial charge in [0.1, 0.15) is 5.60 Å². The number of aryl methyl sites for hydroxylation is 1. The summed E-state index contributed by atoms with van der Waals surface area (Å²) in [6.45, 7) is 7.75. The normalized spacial score (nSPS) is 11.1. The molecule has 0 saturated heterocycles. The van der Waals surface area contributed by atoms with Crippen molar-refractivity contribution < 1.29 is 19.1 Å². The van der Waals surface area contributed by atoms with Gasteiger partial charge < -0.3 is 20.7 Å². The van der Waals surface area contributed by atoms with Crippen molar-refractivity contribution in [2.45, 2.75) is 46.3 Å². The number of anilines is 1. The van der Waals surface area contributed by atoms with E-state index in [2.05, 4.69) is 16.0 Å². The van der Waals surface area contributed by atoms with Gasteiger partial charge in [-0.1, -0.05) is 48.0 Å². The molecule has 7 heteroatoms. The lowest BCUT2D eigenvalue weighted by Crippen LogP contribution is -2.35. The Kier molecular flexibility index (Phi) is 9.01. The van der Waals surface area contributed by atoms with E-state index in [0.29, 0.717) is 5.69 Å². The summed E-state index contributed by atoms with van der Waals surface area (Å²) in [5.74, 6) is -0.479. The topological polar surface area (TPSA) is 96.5 Å². The van der Waals surface area contributed by atoms with E-state index in [1.165, 1.54) is 6.08 Å². The van der Waals surface area contributed by atoms with Gasteiger partial charge in [-0.05, 0) is 51.0 Å². The number of carbonyl (C=O) groups is 3. The lowest BCUT2D eigenvalue weighted by atomic mass is 10.1. The summed E-state index contributed by atoms with van der Waals surface area (Å²) in [5.41, 5.74) is 2.90. The maximum atomic E-state index is 12.3. The number of nitrogens with one attached hydrogen (secondary N) is 3. The first-order chi connectivity index (χ1) is 15.1. The van der Waals surface area contributed by atoms with Crippen LogP contribution in [0.3, 0.4) is 0 Å². The van der Waals surface area contributed by atoms with E-state index in [1.54, 1.807) is 32.9 Å². The summed E-state index contributed by atoms with van der Waals surface area (Å²) in [6.07, 6.45) is 2.78. The zero-order valence-electron chi connectivity index (χ0n) is 19.0. The fourth-order valence-electron chi connectivity index (χ4n) is 2.69. The van der Waals surface area contributed by atoms with Crippen LogP contribution in [0.15, 0.2) is 54.6 Å². The van der Waals surface area contributed by atoms with Crippen LogP contribution in [0.5, 0.6) is 0 Å². The Hall–Kier alpha value is -3.61. The molecule has 0 spiro atoms. The predicted octanol–water partition coefficient (Wildman–Crippen LogP) is 4.18. The third-order valence-electron chi connectivity index (χ3n) is 4.28. The standard InChI is InChI=1S/C25H31N3O4/c1-18-9-11-19(12-10-18)13-14-23(30)28-21-8-6-5-7-20(21)17-27-22(29)15-16-26-24(31)32-25(2,3)4/h5-14H,15-17H2,1-4H3,(H,26,31)(H,27,29)(H,28,30)/b14-13+. The molecule has 0 heterocycles. The van der Waals surface area contributed by atoms with Crippen molar-refractivity contribution in [2.24, 2.45) is 0 Å². The van der Waals surface area contributed by atoms with Crippen LogP contribution in [0, 0.1) is 6.92 Å². The Bertz CT molecular complexity index is 960. The molecule has 3 N–H and O–H groups in total. The van der Waals surface area contributed by atoms with Crippen LogP contribution in [0.2, 0.25) is 0 Å². The van der Waals surface area contributed by atoms with Gasteiger partial charge >= 0.3 is 6.09 Å². The molecule has 0 unspecified atom stereocenters. The van der Waals surface area contributed by atoms with Crippen molar-refractivity contribution in [3.8, 4) is 0 Å². The highest BCUT2D eigenvalue weighted by Gasteiger charge is 2.16. The van der Waals surface area contributed by atoms with E-state index < -0.39 is 11.7 Å². The third-order valence-corrected chi connectivity index (χ3v) is 4.28. The summed E-state index contributed by atoms with van der Waals surface area (Å²) >= 11 is 0. The van der Waals surface area contributed by atoms with Crippen molar-refractivity contribution in [3.05, 3.63) is 71.3 Å². The second-order valence-corrected chi connectivity index (χ2v) is 8.35. The van der Waals surface area contributed by atoms with Gasteiger partial charge in [0, 0.05) is 31.3 Å². The van der Waals surface area contributed by atoms with Gasteiger partial charge in [-0.15, -0.1) is 0 Å². The molecule has 0 saturated carbocycles. The second-order valence-electron chi connectivity index (χ2n) is 8.35. The first-order valence-electron chi connectivity index (χ1n) is 10.5. The first kappa shape index (κ1) is 24.7. The molecule has 0 aliphatic rings. The van der Waals surface area contributed by atoms with Crippen LogP contribution in [0.25, 0.3) is 6.08 Å². The summed E-state index contributed by atoms with van der Waals surface area (Å²) < 4.78 is 5.13. The van der Waals surface area contributed by atoms with Crippen molar-refractivity contribution in [1.29, 1.82) is 0 Å². The zero-order valence-corrected chi connectivity index (χ0v) is 19.0. The Labute approximate surface area is 189 Å². The van der Waals surface area contributed by atoms with Crippen LogP contribution in [0.1, 0.15) is 43.9 Å². The number of carbonyl (C=O) groups excluding carboxylic acids is 3. The third kappa shape index (κ3) is 9.47. The molecular formula is C25H31N3O4. The molecule has 32 heavy (non-hydrogen) atoms. The van der Waals surface area contributed by atoms with Gasteiger partial charge in [-0.2, -0.15) is 0 Å². The first-order valence-corrected chi connectivity index (χ1v) is 10.5. The quantitative estimate of drug-likeness (QED) is 0.540. The number of hydrogen-bond donors (Lipinski definition) is 3. The van der Waals surface area contributed by atoms with Gasteiger partial charge in [0.05, 0.1) is 0 Å². The van der Waals surface area contributed by atoms with Crippen molar-refractivity contribution >= 4 is 29.7 Å². The molecule has 0 aliphatic heterocycles. The summed E-state index contributed by atoms with van der Waals surface area (Å²) in [4.78, 5) is 36.0. The average molecular weight is 438 g/mol. The van der Waals surface area contributed by atoms with Crippen molar-refractivity contribution in [3.63, 3.8) is 0 Å². The number of rotatable bonds is 8. The Morgan fingerprint density at radius 3 is 2.34 bits per heavy atom. The SMILES string of the molecule is Cc1ccc(/C=C/C(=O)Nc2ccccc2CNC(=O)CCNC(=O)OC(C)(C)C)cc1. The molecular weight excluding hydrogens is 406 g/mol. The Balaban J connectivity index is 1.82. The fraction of sp³-hybridized carbons (Fsp3) is 0.320. The van der Waals surface area contributed by atoms with Gasteiger partial charge in [0.2, 0.25) is 11.8 Å². The Morgan fingerprint density at radius 1 is 0.969 bits per heavy atom. The van der Waals surface area contributed by atoms with E-state index >= 15 is 0 Å². The molecule has 0 bridgehead atoms. The van der Waals surface area contributed by atoms with Crippen LogP contribution >= 0.6 is 0 Å². The Morgan fingerprint density at radius 2 is 1.66 bits per heavy atom. The van der Waals surface area contributed by atoms with Gasteiger partial charge in [-0.25, -0.2) is 4.79 Å². The molecule has 2 aromatic carbocycles. The number of ether oxygens (including phenoxy) is 1. The predicted molar refractivity (Wildman–Crippen MR) is 126 cm³/mol. The number of alkyl carbamates (subject to hydrolysis) is 1. The second kappa shape index (κ2) is 11.7. The number of hydrogen-bond acceptors (Lipinski definition) is 4. The van der Waals surface area contributed by atoms with E-state index in [-0.39, 0.29) is 31.3 Å². The number of benzene rings is 2. The van der Waals surface area contributed by atoms with Crippen LogP contribution in [-0.4, -0.2) is 30.1 Å². The number of para-hydroxylation sites is 1. The van der Waals surface area contributed by atoms with E-state index in [0.717, 1.165) is 16.7 Å². The minimum atomic E-state index is -0.587. The maximum Gasteiger partial charge on any atom is 0.407 e. The van der Waals surface area contributed by atoms with Gasteiger partial charge in [-0.3, -0.25) is 9.59 Å². The van der Waals surface area contributed by atoms with Crippen LogP contribution in [-0.2, 0) is 20.9 Å². The molecule has 7 nitrogen and oxygen atoms in total. The smallest absolute Gasteiger partial charge is 0.407 e. The van der Waals surface area contributed by atoms with Gasteiger partial charge in [0.15, 0.2) is 0 Å². The van der Waals surface area contributed by atoms with Crippen LogP contribution < -0.4 is 16.0 Å². The summed E-state index contributed by atoms with van der Waals surface area (Å²) in [5, 5.41) is 8.19. The van der Waals surface area contributed by atoms with Crippen molar-refractivity contribution in [2.75, 3.05) is 11.9 Å². The monoisotopic (exact) mass is 437 g/mol. The molecule has 0 radical (unpaired) electrons.